The average molecular weight is 430 g/mol. The molecule has 1 atom stereocenters. The van der Waals surface area contributed by atoms with Crippen molar-refractivity contribution in [1.29, 1.82) is 0 Å². The summed E-state index contributed by atoms with van der Waals surface area (Å²) in [4.78, 5) is 31.0. The lowest BCUT2D eigenvalue weighted by atomic mass is 10.0. The van der Waals surface area contributed by atoms with Gasteiger partial charge in [0, 0.05) is 17.5 Å². The van der Waals surface area contributed by atoms with Crippen molar-refractivity contribution in [3.8, 4) is 0 Å². The van der Waals surface area contributed by atoms with Gasteiger partial charge in [-0.3, -0.25) is 9.59 Å². The van der Waals surface area contributed by atoms with Gasteiger partial charge < -0.3 is 15.1 Å². The molecule has 0 radical (unpaired) electrons. The molecule has 4 rings (SSSR count). The summed E-state index contributed by atoms with van der Waals surface area (Å²) in [6.45, 7) is 0. The number of anilines is 1. The van der Waals surface area contributed by atoms with Gasteiger partial charge in [-0.2, -0.15) is 5.10 Å². The summed E-state index contributed by atoms with van der Waals surface area (Å²) < 4.78 is 5.52. The van der Waals surface area contributed by atoms with Crippen molar-refractivity contribution < 1.29 is 9.21 Å². The molecule has 29 heavy (non-hydrogen) atoms. The van der Waals surface area contributed by atoms with Crippen LogP contribution in [0.2, 0.25) is 5.02 Å². The molecule has 3 aromatic rings. The molecule has 0 spiro atoms. The van der Waals surface area contributed by atoms with E-state index in [-0.39, 0.29) is 34.2 Å². The highest BCUT2D eigenvalue weighted by molar-refractivity contribution is 7.99. The number of aromatic nitrogens is 2. The van der Waals surface area contributed by atoms with Crippen LogP contribution in [0.5, 0.6) is 0 Å². The van der Waals surface area contributed by atoms with Crippen molar-refractivity contribution in [2.75, 3.05) is 11.5 Å². The molecule has 0 fully saturated rings. The number of nitrogens with one attached hydrogen (secondary N) is 1. The van der Waals surface area contributed by atoms with Crippen molar-refractivity contribution in [3.05, 3.63) is 75.4 Å². The van der Waals surface area contributed by atoms with Crippen LogP contribution >= 0.6 is 23.4 Å². The molecule has 1 aliphatic heterocycles. The molecule has 1 aliphatic rings. The van der Waals surface area contributed by atoms with E-state index in [9.17, 15) is 9.59 Å². The highest BCUT2D eigenvalue weighted by atomic mass is 35.5. The maximum Gasteiger partial charge on any atom is 0.253 e. The molecule has 3 N–H and O–H groups in total. The van der Waals surface area contributed by atoms with E-state index in [1.54, 1.807) is 24.5 Å². The first-order valence-electron chi connectivity index (χ1n) is 8.68. The SMILES string of the molecule is Nc1cc(=O)[nH]c(SCC(=O)N2N=C(c3ccc(Cl)cc3)C[C@@H]2c2ccco2)n1. The zero-order valence-corrected chi connectivity index (χ0v) is 16.6. The van der Waals surface area contributed by atoms with Crippen LogP contribution in [0.1, 0.15) is 23.8 Å². The fraction of sp³-hybridized carbons (Fsp3) is 0.158. The Morgan fingerprint density at radius 1 is 1.34 bits per heavy atom. The number of aromatic amines is 1. The van der Waals surface area contributed by atoms with E-state index in [0.29, 0.717) is 17.2 Å². The summed E-state index contributed by atoms with van der Waals surface area (Å²) in [5.41, 5.74) is 6.86. The Morgan fingerprint density at radius 2 is 2.14 bits per heavy atom. The number of rotatable bonds is 5. The zero-order chi connectivity index (χ0) is 20.4. The van der Waals surface area contributed by atoms with Gasteiger partial charge in [-0.25, -0.2) is 9.99 Å². The van der Waals surface area contributed by atoms with Crippen molar-refractivity contribution in [2.24, 2.45) is 5.10 Å². The summed E-state index contributed by atoms with van der Waals surface area (Å²) in [7, 11) is 0. The van der Waals surface area contributed by atoms with Crippen LogP contribution in [0.25, 0.3) is 0 Å². The van der Waals surface area contributed by atoms with E-state index in [4.69, 9.17) is 21.8 Å². The number of amides is 1. The molecule has 0 bridgehead atoms. The first-order chi connectivity index (χ1) is 14.0. The maximum absolute atomic E-state index is 12.9. The number of thioether (sulfide) groups is 1. The number of hydrogen-bond acceptors (Lipinski definition) is 7. The van der Waals surface area contributed by atoms with Crippen LogP contribution in [-0.4, -0.2) is 32.3 Å². The highest BCUT2D eigenvalue weighted by Gasteiger charge is 2.34. The van der Waals surface area contributed by atoms with Gasteiger partial charge in [-0.1, -0.05) is 35.5 Å². The van der Waals surface area contributed by atoms with E-state index in [0.717, 1.165) is 23.0 Å². The minimum Gasteiger partial charge on any atom is -0.467 e. The Balaban J connectivity index is 1.56. The number of nitrogen functional groups attached to an aromatic ring is 1. The maximum atomic E-state index is 12.9. The Kier molecular flexibility index (Phi) is 5.41. The monoisotopic (exact) mass is 429 g/mol. The first kappa shape index (κ1) is 19.3. The average Bonchev–Trinajstić information content (AvgIpc) is 3.35. The fourth-order valence-electron chi connectivity index (χ4n) is 2.98. The molecule has 0 saturated carbocycles. The lowest BCUT2D eigenvalue weighted by Gasteiger charge is -2.19. The number of nitrogens with zero attached hydrogens (tertiary/aromatic N) is 3. The van der Waals surface area contributed by atoms with E-state index in [1.807, 2.05) is 18.2 Å². The number of hydrogen-bond donors (Lipinski definition) is 2. The molecule has 0 aliphatic carbocycles. The predicted molar refractivity (Wildman–Crippen MR) is 111 cm³/mol. The van der Waals surface area contributed by atoms with Crippen LogP contribution in [0, 0.1) is 0 Å². The summed E-state index contributed by atoms with van der Waals surface area (Å²) in [6, 6.07) is 11.7. The van der Waals surface area contributed by atoms with E-state index < -0.39 is 0 Å². The molecule has 148 valence electrons. The summed E-state index contributed by atoms with van der Waals surface area (Å²) in [5.74, 6) is 0.527. The molecule has 2 aromatic heterocycles. The lowest BCUT2D eigenvalue weighted by Crippen LogP contribution is -2.28. The Hall–Kier alpha value is -3.04. The molecule has 1 aromatic carbocycles. The quantitative estimate of drug-likeness (QED) is 0.475. The largest absolute Gasteiger partial charge is 0.467 e. The Morgan fingerprint density at radius 3 is 2.83 bits per heavy atom. The minimum atomic E-state index is -0.370. The van der Waals surface area contributed by atoms with Gasteiger partial charge in [-0.05, 0) is 29.8 Å². The molecule has 3 heterocycles. The van der Waals surface area contributed by atoms with Crippen molar-refractivity contribution in [3.63, 3.8) is 0 Å². The number of carbonyl (C=O) groups is 1. The van der Waals surface area contributed by atoms with Gasteiger partial charge in [0.15, 0.2) is 5.16 Å². The topological polar surface area (TPSA) is 118 Å². The summed E-state index contributed by atoms with van der Waals surface area (Å²) in [6.07, 6.45) is 2.08. The van der Waals surface area contributed by atoms with E-state index in [2.05, 4.69) is 15.1 Å². The van der Waals surface area contributed by atoms with Gasteiger partial charge in [0.2, 0.25) is 0 Å². The van der Waals surface area contributed by atoms with Crippen molar-refractivity contribution >= 4 is 40.8 Å². The third-order valence-corrected chi connectivity index (χ3v) is 5.40. The minimum absolute atomic E-state index is 0.0288. The molecular formula is C19H16ClN5O3S. The number of carbonyl (C=O) groups excluding carboxylic acids is 1. The predicted octanol–water partition coefficient (Wildman–Crippen LogP) is 3.07. The number of hydrazone groups is 1. The first-order valence-corrected chi connectivity index (χ1v) is 10.0. The second kappa shape index (κ2) is 8.14. The van der Waals surface area contributed by atoms with Gasteiger partial charge in [-0.15, -0.1) is 0 Å². The van der Waals surface area contributed by atoms with Crippen LogP contribution in [0.15, 0.2) is 68.2 Å². The van der Waals surface area contributed by atoms with Gasteiger partial charge in [0.25, 0.3) is 11.5 Å². The number of halogens is 1. The number of H-pyrrole nitrogens is 1. The third kappa shape index (κ3) is 4.36. The third-order valence-electron chi connectivity index (χ3n) is 4.29. The van der Waals surface area contributed by atoms with Crippen molar-refractivity contribution in [1.82, 2.24) is 15.0 Å². The lowest BCUT2D eigenvalue weighted by molar-refractivity contribution is -0.130. The van der Waals surface area contributed by atoms with Gasteiger partial charge >= 0.3 is 0 Å². The van der Waals surface area contributed by atoms with Crippen LogP contribution in [0.4, 0.5) is 5.82 Å². The molecule has 0 saturated heterocycles. The standard InChI is InChI=1S/C19H16ClN5O3S/c20-12-5-3-11(4-6-12)13-8-14(15-2-1-7-28-15)25(24-13)18(27)10-29-19-22-16(21)9-17(26)23-19/h1-7,9,14H,8,10H2,(H3,21,22,23,26)/t14-/m1/s1. The Bertz CT molecular complexity index is 1110. The Labute approximate surface area is 174 Å². The second-order valence-corrected chi connectivity index (χ2v) is 7.69. The summed E-state index contributed by atoms with van der Waals surface area (Å²) in [5, 5.41) is 6.86. The van der Waals surface area contributed by atoms with Crippen LogP contribution in [-0.2, 0) is 4.79 Å². The molecule has 8 nitrogen and oxygen atoms in total. The second-order valence-electron chi connectivity index (χ2n) is 6.29. The molecule has 1 amide bonds. The zero-order valence-electron chi connectivity index (χ0n) is 15.0. The van der Waals surface area contributed by atoms with E-state index in [1.165, 1.54) is 11.1 Å². The molecule has 0 unspecified atom stereocenters. The van der Waals surface area contributed by atoms with E-state index >= 15 is 0 Å². The summed E-state index contributed by atoms with van der Waals surface area (Å²) >= 11 is 7.05. The highest BCUT2D eigenvalue weighted by Crippen LogP contribution is 2.34. The number of nitrogens with two attached hydrogens (primary N) is 1. The van der Waals surface area contributed by atoms with Crippen LogP contribution < -0.4 is 11.3 Å². The van der Waals surface area contributed by atoms with Crippen LogP contribution in [0.3, 0.4) is 0 Å². The molecule has 10 heteroatoms. The fourth-order valence-corrected chi connectivity index (χ4v) is 3.84. The smallest absolute Gasteiger partial charge is 0.253 e. The normalized spacial score (nSPS) is 16.1. The number of furan rings is 1. The number of benzene rings is 1. The van der Waals surface area contributed by atoms with Gasteiger partial charge in [0.1, 0.15) is 17.6 Å². The molecular weight excluding hydrogens is 414 g/mol. The van der Waals surface area contributed by atoms with Gasteiger partial charge in [0.05, 0.1) is 17.7 Å². The van der Waals surface area contributed by atoms with Crippen molar-refractivity contribution in [2.45, 2.75) is 17.6 Å².